The van der Waals surface area contributed by atoms with E-state index in [0.29, 0.717) is 24.1 Å². The largest absolute Gasteiger partial charge is 0.490 e. The Balaban J connectivity index is 1.38. The zero-order valence-corrected chi connectivity index (χ0v) is 18.1. The fraction of sp³-hybridized carbons (Fsp3) is 0.217. The van der Waals surface area contributed by atoms with Crippen LogP contribution in [0.15, 0.2) is 70.3 Å². The number of benzene rings is 2. The predicted octanol–water partition coefficient (Wildman–Crippen LogP) is 4.42. The minimum atomic E-state index is -0.428. The number of hydrazone groups is 1. The van der Waals surface area contributed by atoms with Crippen molar-refractivity contribution in [2.75, 3.05) is 13.2 Å². The van der Waals surface area contributed by atoms with Crippen LogP contribution in [0.3, 0.4) is 0 Å². The zero-order chi connectivity index (χ0) is 21.8. The summed E-state index contributed by atoms with van der Waals surface area (Å²) < 4.78 is 11.3. The summed E-state index contributed by atoms with van der Waals surface area (Å²) in [6, 6.07) is 16.9. The van der Waals surface area contributed by atoms with Gasteiger partial charge in [-0.25, -0.2) is 0 Å². The number of thioether (sulfide) groups is 1. The number of amides is 1. The number of hydrogen-bond acceptors (Lipinski definition) is 6. The molecule has 8 heteroatoms. The first-order valence-electron chi connectivity index (χ1n) is 9.92. The molecule has 0 unspecified atom stereocenters. The highest BCUT2D eigenvalue weighted by molar-refractivity contribution is 8.27. The number of aliphatic imine (C=N–C) groups is 1. The maximum atomic E-state index is 12.5. The van der Waals surface area contributed by atoms with E-state index in [4.69, 9.17) is 14.9 Å². The molecule has 0 saturated carbocycles. The molecule has 0 aromatic heterocycles. The molecule has 2 aromatic rings. The van der Waals surface area contributed by atoms with Gasteiger partial charge in [0, 0.05) is 5.92 Å². The highest BCUT2D eigenvalue weighted by atomic mass is 32.2. The van der Waals surface area contributed by atoms with Crippen LogP contribution in [0.4, 0.5) is 0 Å². The first kappa shape index (κ1) is 20.9. The van der Waals surface area contributed by atoms with Crippen molar-refractivity contribution in [2.24, 2.45) is 16.0 Å². The number of hydrogen-bond donors (Lipinski definition) is 1. The normalized spacial score (nSPS) is 17.0. The van der Waals surface area contributed by atoms with E-state index < -0.39 is 5.91 Å². The number of rotatable bonds is 7. The summed E-state index contributed by atoms with van der Waals surface area (Å²) >= 11 is 1.34. The second-order valence-electron chi connectivity index (χ2n) is 7.19. The van der Waals surface area contributed by atoms with E-state index >= 15 is 0 Å². The van der Waals surface area contributed by atoms with Crippen molar-refractivity contribution in [2.45, 2.75) is 13.8 Å². The number of ether oxygens (including phenoxy) is 2. The monoisotopic (exact) mass is 434 g/mol. The van der Waals surface area contributed by atoms with E-state index in [1.54, 1.807) is 6.08 Å². The molecule has 4 rings (SSSR count). The average Bonchev–Trinajstić information content (AvgIpc) is 3.20. The van der Waals surface area contributed by atoms with Crippen LogP contribution in [0.25, 0.3) is 6.08 Å². The molecule has 2 aliphatic rings. The van der Waals surface area contributed by atoms with E-state index in [1.807, 2.05) is 68.4 Å². The van der Waals surface area contributed by atoms with E-state index in [0.717, 1.165) is 16.4 Å². The Morgan fingerprint density at radius 3 is 2.32 bits per heavy atom. The van der Waals surface area contributed by atoms with Gasteiger partial charge < -0.3 is 9.47 Å². The minimum Gasteiger partial charge on any atom is -0.490 e. The lowest BCUT2D eigenvalue weighted by Gasteiger charge is -2.20. The second kappa shape index (κ2) is 9.18. The van der Waals surface area contributed by atoms with Crippen molar-refractivity contribution in [3.8, 4) is 11.5 Å². The Morgan fingerprint density at radius 2 is 1.68 bits per heavy atom. The van der Waals surface area contributed by atoms with Crippen molar-refractivity contribution in [1.82, 2.24) is 5.01 Å². The third-order valence-electron chi connectivity index (χ3n) is 4.52. The maximum Gasteiger partial charge on any atom is 0.283 e. The third kappa shape index (κ3) is 4.86. The quantitative estimate of drug-likeness (QED) is 0.515. The van der Waals surface area contributed by atoms with Gasteiger partial charge in [0.05, 0.1) is 5.57 Å². The first-order chi connectivity index (χ1) is 15.0. The number of para-hydroxylation sites is 1. The van der Waals surface area contributed by atoms with E-state index in [9.17, 15) is 4.79 Å². The molecule has 0 fully saturated rings. The van der Waals surface area contributed by atoms with Crippen molar-refractivity contribution in [1.29, 1.82) is 5.41 Å². The SMILES string of the molecule is CC(C)C1=NN2C(=N)/C(=C/c3ccc(OCCOc4ccccc4)cc3)C(=O)N=C2S1. The number of nitrogens with zero attached hydrogens (tertiary/aromatic N) is 3. The number of carbonyl (C=O) groups is 1. The first-order valence-corrected chi connectivity index (χ1v) is 10.7. The summed E-state index contributed by atoms with van der Waals surface area (Å²) in [5.74, 6) is 1.32. The lowest BCUT2D eigenvalue weighted by Crippen LogP contribution is -2.35. The molecule has 7 nitrogen and oxygen atoms in total. The van der Waals surface area contributed by atoms with Gasteiger partial charge in [-0.15, -0.1) is 0 Å². The van der Waals surface area contributed by atoms with Crippen LogP contribution >= 0.6 is 11.8 Å². The van der Waals surface area contributed by atoms with Crippen LogP contribution in [0, 0.1) is 11.3 Å². The van der Waals surface area contributed by atoms with Gasteiger partial charge in [-0.05, 0) is 47.7 Å². The van der Waals surface area contributed by atoms with Gasteiger partial charge in [0.2, 0.25) is 5.17 Å². The maximum absolute atomic E-state index is 12.5. The molecular weight excluding hydrogens is 412 g/mol. The Hall–Kier alpha value is -3.39. The van der Waals surface area contributed by atoms with Gasteiger partial charge >= 0.3 is 0 Å². The van der Waals surface area contributed by atoms with Crippen LogP contribution in [0.2, 0.25) is 0 Å². The van der Waals surface area contributed by atoms with Crippen molar-refractivity contribution >= 4 is 39.8 Å². The van der Waals surface area contributed by atoms with Crippen LogP contribution in [-0.2, 0) is 4.79 Å². The van der Waals surface area contributed by atoms with Gasteiger partial charge in [-0.2, -0.15) is 15.1 Å². The number of fused-ring (bicyclic) bond motifs is 1. The van der Waals surface area contributed by atoms with Crippen LogP contribution in [0.5, 0.6) is 11.5 Å². The summed E-state index contributed by atoms with van der Waals surface area (Å²) in [6.07, 6.45) is 1.65. The molecule has 2 aromatic carbocycles. The summed E-state index contributed by atoms with van der Waals surface area (Å²) in [5.41, 5.74) is 0.989. The number of carbonyl (C=O) groups excluding carboxylic acids is 1. The standard InChI is InChI=1S/C23H22N4O3S/c1-15(2)22-26-27-20(24)19(21(28)25-23(27)31-22)14-16-8-10-18(11-9-16)30-13-12-29-17-6-4-3-5-7-17/h3-11,14-15,24H,12-13H2,1-2H3/b19-14-,24-20?. The minimum absolute atomic E-state index is 0.0385. The predicted molar refractivity (Wildman–Crippen MR) is 124 cm³/mol. The van der Waals surface area contributed by atoms with Gasteiger partial charge in [0.25, 0.3) is 5.91 Å². The van der Waals surface area contributed by atoms with Crippen molar-refractivity contribution in [3.63, 3.8) is 0 Å². The number of amidine groups is 2. The Bertz CT molecular complexity index is 1080. The molecule has 1 N–H and O–H groups in total. The summed E-state index contributed by atoms with van der Waals surface area (Å²) in [4.78, 5) is 16.6. The molecule has 31 heavy (non-hydrogen) atoms. The van der Waals surface area contributed by atoms with E-state index in [1.165, 1.54) is 16.8 Å². The van der Waals surface area contributed by atoms with Gasteiger partial charge in [-0.1, -0.05) is 44.2 Å². The molecule has 0 atom stereocenters. The average molecular weight is 435 g/mol. The van der Waals surface area contributed by atoms with Crippen molar-refractivity contribution < 1.29 is 14.3 Å². The van der Waals surface area contributed by atoms with Crippen LogP contribution in [0.1, 0.15) is 19.4 Å². The molecule has 0 spiro atoms. The molecule has 0 bridgehead atoms. The van der Waals surface area contributed by atoms with Crippen LogP contribution in [-0.4, -0.2) is 40.2 Å². The third-order valence-corrected chi connectivity index (χ3v) is 5.73. The van der Waals surface area contributed by atoms with E-state index in [-0.39, 0.29) is 17.3 Å². The summed E-state index contributed by atoms with van der Waals surface area (Å²) in [7, 11) is 0. The lowest BCUT2D eigenvalue weighted by atomic mass is 10.1. The zero-order valence-electron chi connectivity index (χ0n) is 17.2. The molecule has 158 valence electrons. The van der Waals surface area contributed by atoms with E-state index in [2.05, 4.69) is 10.1 Å². The molecule has 1 amide bonds. The smallest absolute Gasteiger partial charge is 0.283 e. The summed E-state index contributed by atoms with van der Waals surface area (Å²) in [5, 5.41) is 15.5. The molecule has 0 aliphatic carbocycles. The number of nitrogens with one attached hydrogen (secondary N) is 1. The Morgan fingerprint density at radius 1 is 1.03 bits per heavy atom. The fourth-order valence-corrected chi connectivity index (χ4v) is 3.80. The van der Waals surface area contributed by atoms with Crippen molar-refractivity contribution in [3.05, 3.63) is 65.7 Å². The molecule has 0 saturated heterocycles. The molecule has 2 heterocycles. The molecule has 0 radical (unpaired) electrons. The topological polar surface area (TPSA) is 87.3 Å². The molecule has 2 aliphatic heterocycles. The summed E-state index contributed by atoms with van der Waals surface area (Å²) in [6.45, 7) is 4.89. The highest BCUT2D eigenvalue weighted by Crippen LogP contribution is 2.30. The Labute approximate surface area is 185 Å². The highest BCUT2D eigenvalue weighted by Gasteiger charge is 2.36. The Kier molecular flexibility index (Phi) is 6.18. The van der Waals surface area contributed by atoms with Gasteiger partial charge in [-0.3, -0.25) is 10.2 Å². The molecular formula is C23H22N4O3S. The lowest BCUT2D eigenvalue weighted by molar-refractivity contribution is -0.114. The van der Waals surface area contributed by atoms with Gasteiger partial charge in [0.1, 0.15) is 29.8 Å². The second-order valence-corrected chi connectivity index (χ2v) is 8.18. The van der Waals surface area contributed by atoms with Gasteiger partial charge in [0.15, 0.2) is 5.84 Å². The van der Waals surface area contributed by atoms with Crippen LogP contribution < -0.4 is 9.47 Å². The fourth-order valence-electron chi connectivity index (χ4n) is 2.90.